The number of aromatic nitrogens is 3. The fourth-order valence-corrected chi connectivity index (χ4v) is 3.66. The molecule has 2 aromatic rings. The number of aromatic amines is 1. The van der Waals surface area contributed by atoms with Gasteiger partial charge in [-0.1, -0.05) is 5.16 Å². The van der Waals surface area contributed by atoms with Crippen LogP contribution < -0.4 is 0 Å². The summed E-state index contributed by atoms with van der Waals surface area (Å²) in [6.07, 6.45) is 6.55. The van der Waals surface area contributed by atoms with Crippen LogP contribution in [0.2, 0.25) is 0 Å². The summed E-state index contributed by atoms with van der Waals surface area (Å²) in [5.41, 5.74) is 1.93. The van der Waals surface area contributed by atoms with Crippen molar-refractivity contribution in [3.8, 4) is 0 Å². The number of likely N-dealkylation sites (N-methyl/N-ethyl adjacent to an activating group) is 1. The topological polar surface area (TPSA) is 78.3 Å². The van der Waals surface area contributed by atoms with E-state index in [1.54, 1.807) is 0 Å². The number of carbonyl (C=O) groups excluding carboxylic acids is 1. The van der Waals surface area contributed by atoms with Gasteiger partial charge in [0.25, 0.3) is 5.91 Å². The first kappa shape index (κ1) is 15.1. The number of hydrogen-bond acceptors (Lipinski definition) is 5. The highest BCUT2D eigenvalue weighted by Gasteiger charge is 2.37. The van der Waals surface area contributed by atoms with E-state index in [1.807, 2.05) is 17.2 Å². The van der Waals surface area contributed by atoms with Gasteiger partial charge in [-0.05, 0) is 44.7 Å². The predicted molar refractivity (Wildman–Crippen MR) is 90.3 cm³/mol. The van der Waals surface area contributed by atoms with Gasteiger partial charge in [-0.3, -0.25) is 9.69 Å². The van der Waals surface area contributed by atoms with Gasteiger partial charge in [0.1, 0.15) is 6.04 Å². The molecule has 0 bridgehead atoms. The van der Waals surface area contributed by atoms with Crippen LogP contribution in [0.15, 0.2) is 16.8 Å². The molecule has 2 saturated carbocycles. The van der Waals surface area contributed by atoms with E-state index in [-0.39, 0.29) is 11.9 Å². The van der Waals surface area contributed by atoms with Gasteiger partial charge in [0, 0.05) is 37.4 Å². The number of carbonyl (C=O) groups is 1. The third-order valence-electron chi connectivity index (χ3n) is 5.62. The zero-order valence-electron chi connectivity index (χ0n) is 14.4. The van der Waals surface area contributed by atoms with Gasteiger partial charge >= 0.3 is 0 Å². The Balaban J connectivity index is 1.35. The summed E-state index contributed by atoms with van der Waals surface area (Å²) in [4.78, 5) is 25.0. The number of rotatable bonds is 4. The SMILES string of the molecule is CN1CCN(C(=O)c2cc[nH]c2C2CC2)C[C@@H]1c1nc(C2CC2)no1. The first-order valence-corrected chi connectivity index (χ1v) is 9.21. The van der Waals surface area contributed by atoms with Crippen molar-refractivity contribution in [2.45, 2.75) is 43.6 Å². The summed E-state index contributed by atoms with van der Waals surface area (Å²) in [6, 6.07) is 1.89. The molecule has 0 aromatic carbocycles. The Kier molecular flexibility index (Phi) is 3.45. The van der Waals surface area contributed by atoms with Crippen LogP contribution in [-0.4, -0.2) is 57.5 Å². The molecule has 0 radical (unpaired) electrons. The maximum Gasteiger partial charge on any atom is 0.255 e. The maximum absolute atomic E-state index is 13.0. The molecule has 2 aliphatic carbocycles. The molecule has 1 saturated heterocycles. The van der Waals surface area contributed by atoms with Crippen molar-refractivity contribution >= 4 is 5.91 Å². The van der Waals surface area contributed by atoms with Crippen LogP contribution >= 0.6 is 0 Å². The van der Waals surface area contributed by atoms with Crippen molar-refractivity contribution < 1.29 is 9.32 Å². The van der Waals surface area contributed by atoms with Gasteiger partial charge in [0.05, 0.1) is 5.56 Å². The molecular weight excluding hydrogens is 318 g/mol. The first-order valence-electron chi connectivity index (χ1n) is 9.21. The Morgan fingerprint density at radius 3 is 2.80 bits per heavy atom. The van der Waals surface area contributed by atoms with Gasteiger partial charge in [0.2, 0.25) is 5.89 Å². The highest BCUT2D eigenvalue weighted by Crippen LogP contribution is 2.41. The average molecular weight is 341 g/mol. The second-order valence-electron chi connectivity index (χ2n) is 7.59. The zero-order chi connectivity index (χ0) is 17.0. The number of hydrogen-bond donors (Lipinski definition) is 1. The van der Waals surface area contributed by atoms with Gasteiger partial charge in [-0.2, -0.15) is 4.98 Å². The van der Waals surface area contributed by atoms with Crippen LogP contribution in [0.4, 0.5) is 0 Å². The summed E-state index contributed by atoms with van der Waals surface area (Å²) in [7, 11) is 2.05. The lowest BCUT2D eigenvalue weighted by molar-refractivity contribution is 0.0488. The minimum atomic E-state index is -0.0268. The summed E-state index contributed by atoms with van der Waals surface area (Å²) in [5, 5.41) is 4.13. The maximum atomic E-state index is 13.0. The fraction of sp³-hybridized carbons (Fsp3) is 0.611. The normalized spacial score (nSPS) is 24.7. The molecule has 2 aromatic heterocycles. The van der Waals surface area contributed by atoms with Crippen LogP contribution in [0.1, 0.15) is 71.3 Å². The summed E-state index contributed by atoms with van der Waals surface area (Å²) in [5.74, 6) is 2.59. The lowest BCUT2D eigenvalue weighted by Crippen LogP contribution is -2.49. The number of amides is 1. The number of piperazine rings is 1. The lowest BCUT2D eigenvalue weighted by Gasteiger charge is -2.37. The quantitative estimate of drug-likeness (QED) is 0.923. The molecule has 132 valence electrons. The number of nitrogens with one attached hydrogen (secondary N) is 1. The fourth-order valence-electron chi connectivity index (χ4n) is 3.66. The average Bonchev–Trinajstić information content (AvgIpc) is 3.56. The Morgan fingerprint density at radius 1 is 1.24 bits per heavy atom. The number of nitrogens with zero attached hydrogens (tertiary/aromatic N) is 4. The molecule has 5 rings (SSSR count). The van der Waals surface area contributed by atoms with E-state index in [9.17, 15) is 4.79 Å². The molecule has 25 heavy (non-hydrogen) atoms. The van der Waals surface area contributed by atoms with Gasteiger partial charge in [-0.25, -0.2) is 0 Å². The van der Waals surface area contributed by atoms with Gasteiger partial charge in [0.15, 0.2) is 5.82 Å². The second kappa shape index (κ2) is 5.69. The predicted octanol–water partition coefficient (Wildman–Crippen LogP) is 2.28. The smallest absolute Gasteiger partial charge is 0.255 e. The minimum absolute atomic E-state index is 0.0268. The molecule has 7 heteroatoms. The molecule has 0 spiro atoms. The van der Waals surface area contributed by atoms with Crippen molar-refractivity contribution in [2.24, 2.45) is 0 Å². The van der Waals surface area contributed by atoms with Crippen LogP contribution in [0.5, 0.6) is 0 Å². The van der Waals surface area contributed by atoms with E-state index in [0.29, 0.717) is 24.3 Å². The Bertz CT molecular complexity index is 789. The van der Waals surface area contributed by atoms with Crippen molar-refractivity contribution in [1.29, 1.82) is 0 Å². The molecule has 1 atom stereocenters. The second-order valence-corrected chi connectivity index (χ2v) is 7.59. The Labute approximate surface area is 146 Å². The molecule has 0 unspecified atom stereocenters. The van der Waals surface area contributed by atoms with Crippen molar-refractivity contribution in [3.05, 3.63) is 35.2 Å². The van der Waals surface area contributed by atoms with Crippen molar-refractivity contribution in [3.63, 3.8) is 0 Å². The van der Waals surface area contributed by atoms with Crippen molar-refractivity contribution in [2.75, 3.05) is 26.7 Å². The third-order valence-corrected chi connectivity index (χ3v) is 5.62. The van der Waals surface area contributed by atoms with Crippen LogP contribution in [0, 0.1) is 0 Å². The van der Waals surface area contributed by atoms with E-state index in [0.717, 1.165) is 43.0 Å². The van der Waals surface area contributed by atoms with E-state index in [1.165, 1.54) is 12.8 Å². The molecule has 1 amide bonds. The third kappa shape index (κ3) is 2.76. The Hall–Kier alpha value is -2.15. The molecule has 3 fully saturated rings. The Morgan fingerprint density at radius 2 is 2.04 bits per heavy atom. The molecule has 7 nitrogen and oxygen atoms in total. The molecule has 1 aliphatic heterocycles. The van der Waals surface area contributed by atoms with Crippen LogP contribution in [0.3, 0.4) is 0 Å². The largest absolute Gasteiger partial charge is 0.364 e. The highest BCUT2D eigenvalue weighted by atomic mass is 16.5. The van der Waals surface area contributed by atoms with Crippen molar-refractivity contribution in [1.82, 2.24) is 24.9 Å². The van der Waals surface area contributed by atoms with E-state index >= 15 is 0 Å². The first-order chi connectivity index (χ1) is 12.2. The summed E-state index contributed by atoms with van der Waals surface area (Å²) in [6.45, 7) is 2.13. The molecule has 3 heterocycles. The summed E-state index contributed by atoms with van der Waals surface area (Å²) >= 11 is 0. The van der Waals surface area contributed by atoms with E-state index in [2.05, 4.69) is 27.1 Å². The van der Waals surface area contributed by atoms with Crippen LogP contribution in [0.25, 0.3) is 0 Å². The van der Waals surface area contributed by atoms with E-state index in [4.69, 9.17) is 4.52 Å². The van der Waals surface area contributed by atoms with Gasteiger partial charge in [-0.15, -0.1) is 0 Å². The van der Waals surface area contributed by atoms with Gasteiger partial charge < -0.3 is 14.4 Å². The lowest BCUT2D eigenvalue weighted by atomic mass is 10.1. The van der Waals surface area contributed by atoms with Crippen LogP contribution in [-0.2, 0) is 0 Å². The summed E-state index contributed by atoms with van der Waals surface area (Å²) < 4.78 is 5.52. The molecular formula is C18H23N5O2. The standard InChI is InChI=1S/C18H23N5O2/c1-22-8-9-23(18(24)13-6-7-19-15(13)11-2-3-11)10-14(22)17-20-16(21-25-17)12-4-5-12/h6-7,11-12,14,19H,2-5,8-10H2,1H3/t14-/m1/s1. The van der Waals surface area contributed by atoms with E-state index < -0.39 is 0 Å². The minimum Gasteiger partial charge on any atom is -0.364 e. The highest BCUT2D eigenvalue weighted by molar-refractivity contribution is 5.95. The molecule has 1 N–H and O–H groups in total. The molecule has 3 aliphatic rings. The monoisotopic (exact) mass is 341 g/mol. The number of H-pyrrole nitrogens is 1. The zero-order valence-corrected chi connectivity index (χ0v) is 14.4.